The zero-order valence-electron chi connectivity index (χ0n) is 11.1. The lowest BCUT2D eigenvalue weighted by Gasteiger charge is -2.11. The zero-order valence-corrected chi connectivity index (χ0v) is 11.1. The number of ketones is 1. The van der Waals surface area contributed by atoms with E-state index in [9.17, 15) is 35.1 Å². The van der Waals surface area contributed by atoms with E-state index in [1.165, 1.54) is 12.1 Å². The summed E-state index contributed by atoms with van der Waals surface area (Å²) in [5, 5.41) is 33.6. The van der Waals surface area contributed by atoms with Gasteiger partial charge in [-0.2, -0.15) is 0 Å². The Hall–Kier alpha value is -3.69. The van der Waals surface area contributed by atoms with E-state index in [1.807, 2.05) is 0 Å². The number of benzene rings is 1. The van der Waals surface area contributed by atoms with Crippen molar-refractivity contribution in [3.8, 4) is 0 Å². The van der Waals surface area contributed by atoms with Gasteiger partial charge in [0.2, 0.25) is 0 Å². The number of carbonyl (C=O) groups excluding carboxylic acids is 1. The van der Waals surface area contributed by atoms with Crippen LogP contribution in [0.5, 0.6) is 0 Å². The van der Waals surface area contributed by atoms with E-state index in [0.717, 1.165) is 0 Å². The Morgan fingerprint density at radius 1 is 0.783 bits per heavy atom. The minimum atomic E-state index is -1.40. The Bertz CT molecular complexity index is 923. The van der Waals surface area contributed by atoms with Gasteiger partial charge in [-0.05, 0) is 17.2 Å². The third-order valence-corrected chi connectivity index (χ3v) is 3.49. The lowest BCUT2D eigenvalue weighted by atomic mass is 9.90. The fourth-order valence-corrected chi connectivity index (χ4v) is 2.64. The fourth-order valence-electron chi connectivity index (χ4n) is 2.64. The minimum Gasteiger partial charge on any atom is -0.281 e. The molecule has 0 fully saturated rings. The van der Waals surface area contributed by atoms with Crippen molar-refractivity contribution in [3.63, 3.8) is 0 Å². The summed E-state index contributed by atoms with van der Waals surface area (Å²) in [6, 6.07) is 6.17. The smallest absolute Gasteiger partial charge is 0.281 e. The largest absolute Gasteiger partial charge is 0.427 e. The van der Waals surface area contributed by atoms with Crippen molar-refractivity contribution in [2.75, 3.05) is 0 Å². The molecule has 114 valence electrons. The first-order chi connectivity index (χ1) is 10.8. The molecule has 0 atom stereocenters. The highest BCUT2D eigenvalue weighted by molar-refractivity contribution is 6.25. The molecular weight excluding hydrogens is 310 g/mol. The maximum Gasteiger partial charge on any atom is 0.427 e. The molecule has 23 heavy (non-hydrogen) atoms. The first kappa shape index (κ1) is 14.3. The first-order valence-electron chi connectivity index (χ1n) is 6.13. The number of Topliss-reactive ketones (excluding diaryl/α,β-unsaturated/α-hetero) is 1. The summed E-state index contributed by atoms with van der Waals surface area (Å²) >= 11 is 0. The number of carbonyl (C=O) groups is 1. The van der Waals surface area contributed by atoms with E-state index in [-0.39, 0.29) is 16.7 Å². The molecule has 0 aromatic heterocycles. The Kier molecular flexibility index (Phi) is 2.89. The van der Waals surface area contributed by atoms with Gasteiger partial charge in [0, 0.05) is 5.57 Å². The average molecular weight is 315 g/mol. The summed E-state index contributed by atoms with van der Waals surface area (Å²) in [4.78, 5) is 42.2. The van der Waals surface area contributed by atoms with Gasteiger partial charge in [-0.3, -0.25) is 35.1 Å². The summed E-state index contributed by atoms with van der Waals surface area (Å²) in [7, 11) is 0. The van der Waals surface area contributed by atoms with Crippen molar-refractivity contribution in [1.29, 1.82) is 0 Å². The van der Waals surface area contributed by atoms with E-state index < -0.39 is 37.6 Å². The van der Waals surface area contributed by atoms with Crippen LogP contribution in [0.3, 0.4) is 0 Å². The monoisotopic (exact) mass is 315 g/mol. The number of hydrogen-bond acceptors (Lipinski definition) is 7. The predicted octanol–water partition coefficient (Wildman–Crippen LogP) is 1.42. The molecule has 2 aliphatic carbocycles. The molecule has 0 spiro atoms. The summed E-state index contributed by atoms with van der Waals surface area (Å²) in [5.41, 5.74) is -3.69. The number of fused-ring (bicyclic) bond motifs is 3. The lowest BCUT2D eigenvalue weighted by molar-refractivity contribution is -0.498. The maximum absolute atomic E-state index is 12.3. The molecule has 1 aromatic rings. The van der Waals surface area contributed by atoms with Gasteiger partial charge in [-0.25, -0.2) is 0 Å². The van der Waals surface area contributed by atoms with Crippen molar-refractivity contribution in [2.24, 2.45) is 0 Å². The summed E-state index contributed by atoms with van der Waals surface area (Å²) < 4.78 is 0. The molecule has 0 saturated carbocycles. The van der Waals surface area contributed by atoms with Gasteiger partial charge in [0.05, 0.1) is 20.3 Å². The van der Waals surface area contributed by atoms with Crippen molar-refractivity contribution in [3.05, 3.63) is 88.4 Å². The third kappa shape index (κ3) is 1.85. The highest BCUT2D eigenvalue weighted by atomic mass is 16.7. The fraction of sp³-hybridized carbons (Fsp3) is 0. The molecule has 0 saturated heterocycles. The van der Waals surface area contributed by atoms with Crippen molar-refractivity contribution < 1.29 is 19.6 Å². The quantitative estimate of drug-likeness (QED) is 0.605. The van der Waals surface area contributed by atoms with Gasteiger partial charge in [-0.1, -0.05) is 24.3 Å². The SMILES string of the molecule is O=C1C2=Cc3ccccc3C2=C([N+](=O)[O-])C([N+](=O)[O-])=C1[N+](=O)[O-]. The number of hydrogen-bond donors (Lipinski definition) is 0. The van der Waals surface area contributed by atoms with Crippen LogP contribution in [-0.2, 0) is 4.79 Å². The van der Waals surface area contributed by atoms with Crippen molar-refractivity contribution in [1.82, 2.24) is 0 Å². The van der Waals surface area contributed by atoms with E-state index in [0.29, 0.717) is 5.56 Å². The van der Waals surface area contributed by atoms with E-state index in [2.05, 4.69) is 0 Å². The molecule has 0 heterocycles. The van der Waals surface area contributed by atoms with Crippen LogP contribution >= 0.6 is 0 Å². The van der Waals surface area contributed by atoms with Crippen LogP contribution in [0.4, 0.5) is 0 Å². The zero-order chi connectivity index (χ0) is 16.9. The molecule has 0 bridgehead atoms. The van der Waals surface area contributed by atoms with Crippen molar-refractivity contribution in [2.45, 2.75) is 0 Å². The Morgan fingerprint density at radius 3 is 1.91 bits per heavy atom. The van der Waals surface area contributed by atoms with Gasteiger partial charge in [0.25, 0.3) is 5.78 Å². The summed E-state index contributed by atoms with van der Waals surface area (Å²) in [6.07, 6.45) is 1.26. The van der Waals surface area contributed by atoms with Crippen LogP contribution in [0, 0.1) is 30.3 Å². The molecule has 1 aromatic carbocycles. The maximum atomic E-state index is 12.3. The van der Waals surface area contributed by atoms with Crippen LogP contribution < -0.4 is 0 Å². The van der Waals surface area contributed by atoms with E-state index in [1.54, 1.807) is 18.2 Å². The standard InChI is InChI=1S/C13H5N3O7/c17-13-8-5-6-3-1-2-4-7(6)9(8)10(14(18)19)11(15(20)21)12(13)16(22)23/h1-5H. The Labute approximate surface area is 126 Å². The van der Waals surface area contributed by atoms with Crippen LogP contribution in [0.1, 0.15) is 11.1 Å². The number of rotatable bonds is 3. The second kappa shape index (κ2) is 4.66. The van der Waals surface area contributed by atoms with Crippen LogP contribution in [0.2, 0.25) is 0 Å². The first-order valence-corrected chi connectivity index (χ1v) is 6.13. The van der Waals surface area contributed by atoms with Crippen molar-refractivity contribution >= 4 is 17.4 Å². The van der Waals surface area contributed by atoms with Gasteiger partial charge in [0.15, 0.2) is 0 Å². The van der Waals surface area contributed by atoms with Crippen LogP contribution in [0.15, 0.2) is 46.9 Å². The molecule has 2 aliphatic rings. The molecular formula is C13H5N3O7. The average Bonchev–Trinajstić information content (AvgIpc) is 2.85. The second-order valence-electron chi connectivity index (χ2n) is 4.67. The topological polar surface area (TPSA) is 146 Å². The van der Waals surface area contributed by atoms with Gasteiger partial charge in [0.1, 0.15) is 0 Å². The lowest BCUT2D eigenvalue weighted by Crippen LogP contribution is -2.27. The summed E-state index contributed by atoms with van der Waals surface area (Å²) in [5.74, 6) is -1.21. The highest BCUT2D eigenvalue weighted by Crippen LogP contribution is 2.44. The molecule has 0 radical (unpaired) electrons. The normalized spacial score (nSPS) is 16.0. The van der Waals surface area contributed by atoms with Crippen LogP contribution in [-0.4, -0.2) is 20.6 Å². The molecule has 0 aliphatic heterocycles. The predicted molar refractivity (Wildman–Crippen MR) is 74.4 cm³/mol. The molecule has 0 N–H and O–H groups in total. The Morgan fingerprint density at radius 2 is 1.35 bits per heavy atom. The Balaban J connectivity index is 2.48. The molecule has 3 rings (SSSR count). The second-order valence-corrected chi connectivity index (χ2v) is 4.67. The van der Waals surface area contributed by atoms with E-state index in [4.69, 9.17) is 0 Å². The van der Waals surface area contributed by atoms with Gasteiger partial charge < -0.3 is 0 Å². The summed E-state index contributed by atoms with van der Waals surface area (Å²) in [6.45, 7) is 0. The molecule has 0 unspecified atom stereocenters. The number of nitrogens with zero attached hydrogens (tertiary/aromatic N) is 3. The molecule has 10 nitrogen and oxygen atoms in total. The van der Waals surface area contributed by atoms with E-state index >= 15 is 0 Å². The highest BCUT2D eigenvalue weighted by Gasteiger charge is 2.54. The number of nitro groups is 3. The minimum absolute atomic E-state index is 0.254. The number of allylic oxidation sites excluding steroid dienone is 2. The van der Waals surface area contributed by atoms with Crippen LogP contribution in [0.25, 0.3) is 11.6 Å². The molecule has 0 amide bonds. The van der Waals surface area contributed by atoms with Gasteiger partial charge >= 0.3 is 17.1 Å². The molecule has 10 heteroatoms. The van der Waals surface area contributed by atoms with Gasteiger partial charge in [-0.15, -0.1) is 0 Å². The third-order valence-electron chi connectivity index (χ3n) is 3.49.